The van der Waals surface area contributed by atoms with Gasteiger partial charge in [-0.15, -0.1) is 0 Å². The summed E-state index contributed by atoms with van der Waals surface area (Å²) >= 11 is 3.50. The van der Waals surface area contributed by atoms with Crippen molar-refractivity contribution < 1.29 is 4.39 Å². The van der Waals surface area contributed by atoms with Gasteiger partial charge in [0.1, 0.15) is 5.82 Å². The topological polar surface area (TPSA) is 26.0 Å². The van der Waals surface area contributed by atoms with Crippen LogP contribution >= 0.6 is 15.9 Å². The standard InChI is InChI=1S/C15H15BrFN/c1-9-3-4-11(8-14(9)16)15(18)13-6-5-12(17)7-10(13)2/h3-8,15H,18H2,1-2H3. The van der Waals surface area contributed by atoms with E-state index in [1.54, 1.807) is 6.07 Å². The summed E-state index contributed by atoms with van der Waals surface area (Å²) in [6.45, 7) is 3.91. The molecule has 0 aliphatic carbocycles. The molecule has 0 spiro atoms. The van der Waals surface area contributed by atoms with Gasteiger partial charge in [0.05, 0.1) is 6.04 Å². The van der Waals surface area contributed by atoms with Gasteiger partial charge in [-0.1, -0.05) is 34.1 Å². The largest absolute Gasteiger partial charge is 0.320 e. The van der Waals surface area contributed by atoms with E-state index >= 15 is 0 Å². The molecule has 0 aliphatic rings. The first-order valence-corrected chi connectivity index (χ1v) is 6.56. The second kappa shape index (κ2) is 5.21. The summed E-state index contributed by atoms with van der Waals surface area (Å²) in [6.07, 6.45) is 0. The monoisotopic (exact) mass is 307 g/mol. The Morgan fingerprint density at radius 1 is 1.06 bits per heavy atom. The summed E-state index contributed by atoms with van der Waals surface area (Å²) in [5.74, 6) is -0.228. The molecule has 0 radical (unpaired) electrons. The number of rotatable bonds is 2. The highest BCUT2D eigenvalue weighted by Gasteiger charge is 2.12. The van der Waals surface area contributed by atoms with Crippen LogP contribution in [0.25, 0.3) is 0 Å². The zero-order valence-corrected chi connectivity index (χ0v) is 12.0. The van der Waals surface area contributed by atoms with Crippen molar-refractivity contribution in [1.82, 2.24) is 0 Å². The number of halogens is 2. The molecular formula is C15H15BrFN. The van der Waals surface area contributed by atoms with Crippen LogP contribution in [-0.4, -0.2) is 0 Å². The fourth-order valence-electron chi connectivity index (χ4n) is 1.97. The maximum absolute atomic E-state index is 13.1. The molecule has 18 heavy (non-hydrogen) atoms. The Morgan fingerprint density at radius 2 is 1.78 bits per heavy atom. The van der Waals surface area contributed by atoms with Crippen molar-refractivity contribution in [3.8, 4) is 0 Å². The minimum atomic E-state index is -0.234. The summed E-state index contributed by atoms with van der Waals surface area (Å²) < 4.78 is 14.1. The Balaban J connectivity index is 2.41. The minimum Gasteiger partial charge on any atom is -0.320 e. The fraction of sp³-hybridized carbons (Fsp3) is 0.200. The van der Waals surface area contributed by atoms with Crippen LogP contribution < -0.4 is 5.73 Å². The molecule has 0 fully saturated rings. The summed E-state index contributed by atoms with van der Waals surface area (Å²) in [6, 6.07) is 10.5. The van der Waals surface area contributed by atoms with Gasteiger partial charge < -0.3 is 5.73 Å². The summed E-state index contributed by atoms with van der Waals surface area (Å²) in [5.41, 5.74) is 10.3. The Kier molecular flexibility index (Phi) is 3.83. The first-order chi connectivity index (χ1) is 8.49. The number of hydrogen-bond donors (Lipinski definition) is 1. The minimum absolute atomic E-state index is 0.228. The normalized spacial score (nSPS) is 12.5. The summed E-state index contributed by atoms with van der Waals surface area (Å²) in [5, 5.41) is 0. The summed E-state index contributed by atoms with van der Waals surface area (Å²) in [7, 11) is 0. The van der Waals surface area contributed by atoms with E-state index in [9.17, 15) is 4.39 Å². The van der Waals surface area contributed by atoms with Crippen LogP contribution in [0.1, 0.15) is 28.3 Å². The summed E-state index contributed by atoms with van der Waals surface area (Å²) in [4.78, 5) is 0. The molecule has 1 unspecified atom stereocenters. The molecule has 0 saturated heterocycles. The number of aryl methyl sites for hydroxylation is 2. The highest BCUT2D eigenvalue weighted by Crippen LogP contribution is 2.26. The van der Waals surface area contributed by atoms with Crippen LogP contribution in [0.4, 0.5) is 4.39 Å². The van der Waals surface area contributed by atoms with E-state index in [0.717, 1.165) is 21.2 Å². The third-order valence-corrected chi connectivity index (χ3v) is 3.98. The van der Waals surface area contributed by atoms with Gasteiger partial charge in [-0.2, -0.15) is 0 Å². The molecule has 0 aliphatic heterocycles. The van der Waals surface area contributed by atoms with Crippen LogP contribution in [0, 0.1) is 19.7 Å². The predicted molar refractivity (Wildman–Crippen MR) is 76.0 cm³/mol. The Hall–Kier alpha value is -1.19. The van der Waals surface area contributed by atoms with E-state index in [1.807, 2.05) is 32.0 Å². The molecule has 94 valence electrons. The van der Waals surface area contributed by atoms with Gasteiger partial charge >= 0.3 is 0 Å². The highest BCUT2D eigenvalue weighted by molar-refractivity contribution is 9.10. The van der Waals surface area contributed by atoms with Gasteiger partial charge in [-0.3, -0.25) is 0 Å². The maximum Gasteiger partial charge on any atom is 0.123 e. The van der Waals surface area contributed by atoms with Crippen molar-refractivity contribution >= 4 is 15.9 Å². The maximum atomic E-state index is 13.1. The van der Waals surface area contributed by atoms with Crippen LogP contribution in [0.3, 0.4) is 0 Å². The lowest BCUT2D eigenvalue weighted by atomic mass is 9.95. The molecule has 3 heteroatoms. The average Bonchev–Trinajstić information content (AvgIpc) is 2.32. The van der Waals surface area contributed by atoms with E-state index < -0.39 is 0 Å². The number of benzene rings is 2. The van der Waals surface area contributed by atoms with Crippen LogP contribution in [-0.2, 0) is 0 Å². The lowest BCUT2D eigenvalue weighted by Gasteiger charge is -2.16. The SMILES string of the molecule is Cc1ccc(C(N)c2ccc(F)cc2C)cc1Br. The predicted octanol–water partition coefficient (Wildman–Crippen LogP) is 4.25. The van der Waals surface area contributed by atoms with Crippen molar-refractivity contribution in [2.75, 3.05) is 0 Å². The van der Waals surface area contributed by atoms with Gasteiger partial charge in [-0.05, 0) is 54.3 Å². The lowest BCUT2D eigenvalue weighted by Crippen LogP contribution is -2.13. The van der Waals surface area contributed by atoms with Gasteiger partial charge in [0.2, 0.25) is 0 Å². The van der Waals surface area contributed by atoms with E-state index in [0.29, 0.717) is 0 Å². The van der Waals surface area contributed by atoms with E-state index in [1.165, 1.54) is 17.7 Å². The highest BCUT2D eigenvalue weighted by atomic mass is 79.9. The van der Waals surface area contributed by atoms with Crippen molar-refractivity contribution in [3.63, 3.8) is 0 Å². The molecule has 0 saturated carbocycles. The number of nitrogens with two attached hydrogens (primary N) is 1. The molecule has 2 aromatic rings. The Labute approximate surface area is 115 Å². The van der Waals surface area contributed by atoms with Crippen molar-refractivity contribution in [2.24, 2.45) is 5.73 Å². The third-order valence-electron chi connectivity index (χ3n) is 3.12. The van der Waals surface area contributed by atoms with Gasteiger partial charge in [0.15, 0.2) is 0 Å². The molecular weight excluding hydrogens is 293 g/mol. The molecule has 2 rings (SSSR count). The average molecular weight is 308 g/mol. The van der Waals surface area contributed by atoms with Gasteiger partial charge in [0, 0.05) is 4.47 Å². The fourth-order valence-corrected chi connectivity index (χ4v) is 2.37. The lowest BCUT2D eigenvalue weighted by molar-refractivity contribution is 0.624. The molecule has 0 heterocycles. The van der Waals surface area contributed by atoms with Crippen LogP contribution in [0.5, 0.6) is 0 Å². The van der Waals surface area contributed by atoms with Gasteiger partial charge in [0.25, 0.3) is 0 Å². The molecule has 0 bridgehead atoms. The second-order valence-corrected chi connectivity index (χ2v) is 5.34. The van der Waals surface area contributed by atoms with Crippen molar-refractivity contribution in [3.05, 3.63) is 68.9 Å². The van der Waals surface area contributed by atoms with E-state index in [-0.39, 0.29) is 11.9 Å². The smallest absolute Gasteiger partial charge is 0.123 e. The van der Waals surface area contributed by atoms with Crippen molar-refractivity contribution in [2.45, 2.75) is 19.9 Å². The molecule has 1 nitrogen and oxygen atoms in total. The van der Waals surface area contributed by atoms with Gasteiger partial charge in [-0.25, -0.2) is 4.39 Å². The van der Waals surface area contributed by atoms with E-state index in [4.69, 9.17) is 5.73 Å². The van der Waals surface area contributed by atoms with Crippen LogP contribution in [0.15, 0.2) is 40.9 Å². The molecule has 1 atom stereocenters. The zero-order valence-electron chi connectivity index (χ0n) is 10.4. The first-order valence-electron chi connectivity index (χ1n) is 5.76. The quantitative estimate of drug-likeness (QED) is 0.881. The number of hydrogen-bond acceptors (Lipinski definition) is 1. The van der Waals surface area contributed by atoms with Crippen molar-refractivity contribution in [1.29, 1.82) is 0 Å². The Morgan fingerprint density at radius 3 is 2.39 bits per heavy atom. The first kappa shape index (κ1) is 13.2. The Bertz CT molecular complexity index is 581. The molecule has 2 N–H and O–H groups in total. The zero-order chi connectivity index (χ0) is 13.3. The third kappa shape index (κ3) is 2.62. The molecule has 0 amide bonds. The molecule has 0 aromatic heterocycles. The second-order valence-electron chi connectivity index (χ2n) is 4.49. The molecule has 2 aromatic carbocycles. The van der Waals surface area contributed by atoms with Crippen LogP contribution in [0.2, 0.25) is 0 Å². The van der Waals surface area contributed by atoms with E-state index in [2.05, 4.69) is 15.9 Å².